The second kappa shape index (κ2) is 12.1. The first-order chi connectivity index (χ1) is 16.0. The van der Waals surface area contributed by atoms with Crippen molar-refractivity contribution in [2.24, 2.45) is 5.10 Å². The van der Waals surface area contributed by atoms with E-state index in [9.17, 15) is 9.59 Å². The van der Waals surface area contributed by atoms with Crippen molar-refractivity contribution in [3.8, 4) is 23.0 Å². The molecule has 2 amide bonds. The van der Waals surface area contributed by atoms with E-state index in [0.717, 1.165) is 17.3 Å². The summed E-state index contributed by atoms with van der Waals surface area (Å²) in [7, 11) is 0. The van der Waals surface area contributed by atoms with Crippen LogP contribution in [-0.4, -0.2) is 44.6 Å². The predicted molar refractivity (Wildman–Crippen MR) is 126 cm³/mol. The van der Waals surface area contributed by atoms with Gasteiger partial charge in [0.25, 0.3) is 11.8 Å². The minimum atomic E-state index is -0.469. The number of ether oxygens (including phenoxy) is 4. The van der Waals surface area contributed by atoms with Gasteiger partial charge in [-0.15, -0.1) is 0 Å². The molecule has 0 saturated heterocycles. The van der Waals surface area contributed by atoms with Crippen LogP contribution in [0.2, 0.25) is 0 Å². The molecule has 33 heavy (non-hydrogen) atoms. The molecule has 3 rings (SSSR count). The Morgan fingerprint density at radius 3 is 2.76 bits per heavy atom. The molecule has 1 aliphatic rings. The van der Waals surface area contributed by atoms with Gasteiger partial charge in [0, 0.05) is 5.56 Å². The van der Waals surface area contributed by atoms with Crippen LogP contribution < -0.4 is 29.7 Å². The van der Waals surface area contributed by atoms with Crippen LogP contribution in [0, 0.1) is 0 Å². The molecule has 2 aromatic rings. The molecule has 0 atom stereocenters. The lowest BCUT2D eigenvalue weighted by Gasteiger charge is -2.14. The Morgan fingerprint density at radius 1 is 1.15 bits per heavy atom. The quantitative estimate of drug-likeness (QED) is 0.266. The first-order valence-electron chi connectivity index (χ1n) is 10.6. The maximum absolute atomic E-state index is 12.3. The molecule has 9 nitrogen and oxygen atoms in total. The van der Waals surface area contributed by atoms with E-state index in [4.69, 9.17) is 18.9 Å². The SMILES string of the molecule is CCCCOc1c(Br)cc(/C=N\NC(=O)CNC(=O)c2ccc3c(c2)OCO3)cc1OCC. The van der Waals surface area contributed by atoms with Gasteiger partial charge in [-0.2, -0.15) is 5.10 Å². The Labute approximate surface area is 200 Å². The van der Waals surface area contributed by atoms with Crippen molar-refractivity contribution in [3.05, 3.63) is 45.9 Å². The predicted octanol–water partition coefficient (Wildman–Crippen LogP) is 3.64. The summed E-state index contributed by atoms with van der Waals surface area (Å²) in [6.45, 7) is 4.95. The summed E-state index contributed by atoms with van der Waals surface area (Å²) < 4.78 is 22.7. The maximum atomic E-state index is 12.3. The molecule has 0 spiro atoms. The Morgan fingerprint density at radius 2 is 1.97 bits per heavy atom. The molecule has 0 aromatic heterocycles. The summed E-state index contributed by atoms with van der Waals surface area (Å²) in [5.74, 6) is 1.43. The van der Waals surface area contributed by atoms with Gasteiger partial charge >= 0.3 is 0 Å². The highest BCUT2D eigenvalue weighted by Gasteiger charge is 2.16. The number of amides is 2. The van der Waals surface area contributed by atoms with Crippen LogP contribution in [0.5, 0.6) is 23.0 Å². The third kappa shape index (κ3) is 6.85. The number of rotatable bonds is 11. The van der Waals surface area contributed by atoms with Crippen LogP contribution in [0.4, 0.5) is 0 Å². The van der Waals surface area contributed by atoms with Crippen LogP contribution in [0.25, 0.3) is 0 Å². The average Bonchev–Trinajstić information content (AvgIpc) is 3.27. The third-order valence-corrected chi connectivity index (χ3v) is 5.11. The lowest BCUT2D eigenvalue weighted by Crippen LogP contribution is -2.34. The molecule has 1 aliphatic heterocycles. The molecule has 0 bridgehead atoms. The van der Waals surface area contributed by atoms with Gasteiger partial charge in [-0.1, -0.05) is 13.3 Å². The second-order valence-corrected chi connectivity index (χ2v) is 7.86. The van der Waals surface area contributed by atoms with Gasteiger partial charge in [-0.25, -0.2) is 5.43 Å². The lowest BCUT2D eigenvalue weighted by molar-refractivity contribution is -0.120. The van der Waals surface area contributed by atoms with E-state index in [1.165, 1.54) is 6.21 Å². The molecule has 176 valence electrons. The molecule has 0 fully saturated rings. The average molecular weight is 520 g/mol. The fourth-order valence-electron chi connectivity index (χ4n) is 2.90. The molecule has 0 aliphatic carbocycles. The van der Waals surface area contributed by atoms with E-state index in [1.54, 1.807) is 24.3 Å². The molecule has 2 aromatic carbocycles. The van der Waals surface area contributed by atoms with Gasteiger partial charge < -0.3 is 24.3 Å². The fraction of sp³-hybridized carbons (Fsp3) is 0.348. The smallest absolute Gasteiger partial charge is 0.259 e. The fourth-order valence-corrected chi connectivity index (χ4v) is 3.48. The zero-order valence-electron chi connectivity index (χ0n) is 18.5. The second-order valence-electron chi connectivity index (χ2n) is 7.01. The number of unbranched alkanes of at least 4 members (excludes halogenated alkanes) is 1. The first kappa shape index (κ1) is 24.4. The molecule has 10 heteroatoms. The van der Waals surface area contributed by atoms with Crippen molar-refractivity contribution in [2.45, 2.75) is 26.7 Å². The molecule has 1 heterocycles. The van der Waals surface area contributed by atoms with Crippen molar-refractivity contribution in [3.63, 3.8) is 0 Å². The van der Waals surface area contributed by atoms with Gasteiger partial charge in [-0.3, -0.25) is 9.59 Å². The normalized spacial score (nSPS) is 12.0. The molecule has 0 unspecified atom stereocenters. The van der Waals surface area contributed by atoms with E-state index >= 15 is 0 Å². The van der Waals surface area contributed by atoms with Gasteiger partial charge in [-0.05, 0) is 65.2 Å². The summed E-state index contributed by atoms with van der Waals surface area (Å²) in [6.07, 6.45) is 3.46. The standard InChI is InChI=1S/C23H26BrN3O6/c1-3-5-8-31-22-17(24)9-15(10-20(22)30-4-2)12-26-27-21(28)13-25-23(29)16-6-7-18-19(11-16)33-14-32-18/h6-7,9-12H,3-5,8,13-14H2,1-2H3,(H,25,29)(H,27,28)/b26-12-. The summed E-state index contributed by atoms with van der Waals surface area (Å²) in [4.78, 5) is 24.3. The number of hydrogen-bond donors (Lipinski definition) is 2. The van der Waals surface area contributed by atoms with Crippen molar-refractivity contribution in [1.29, 1.82) is 0 Å². The minimum Gasteiger partial charge on any atom is -0.490 e. The highest BCUT2D eigenvalue weighted by Crippen LogP contribution is 2.37. The highest BCUT2D eigenvalue weighted by molar-refractivity contribution is 9.10. The van der Waals surface area contributed by atoms with E-state index < -0.39 is 11.8 Å². The Kier molecular flexibility index (Phi) is 8.94. The van der Waals surface area contributed by atoms with Gasteiger partial charge in [0.05, 0.1) is 30.4 Å². The van der Waals surface area contributed by atoms with E-state index in [2.05, 4.69) is 38.7 Å². The number of carbonyl (C=O) groups excluding carboxylic acids is 2. The number of fused-ring (bicyclic) bond motifs is 1. The zero-order chi connectivity index (χ0) is 23.6. The molecule has 0 saturated carbocycles. The Bertz CT molecular complexity index is 1030. The molecule has 0 radical (unpaired) electrons. The largest absolute Gasteiger partial charge is 0.490 e. The van der Waals surface area contributed by atoms with Crippen LogP contribution >= 0.6 is 15.9 Å². The number of nitrogens with one attached hydrogen (secondary N) is 2. The minimum absolute atomic E-state index is 0.123. The lowest BCUT2D eigenvalue weighted by atomic mass is 10.2. The van der Waals surface area contributed by atoms with Crippen LogP contribution in [0.1, 0.15) is 42.6 Å². The van der Waals surface area contributed by atoms with Crippen molar-refractivity contribution in [1.82, 2.24) is 10.7 Å². The van der Waals surface area contributed by atoms with E-state index in [1.807, 2.05) is 13.0 Å². The van der Waals surface area contributed by atoms with Crippen molar-refractivity contribution < 1.29 is 28.5 Å². The maximum Gasteiger partial charge on any atom is 0.259 e. The molecular weight excluding hydrogens is 494 g/mol. The van der Waals surface area contributed by atoms with E-state index in [0.29, 0.717) is 47.3 Å². The van der Waals surface area contributed by atoms with Gasteiger partial charge in [0.1, 0.15) is 0 Å². The molecule has 2 N–H and O–H groups in total. The number of nitrogens with zero attached hydrogens (tertiary/aromatic N) is 1. The highest BCUT2D eigenvalue weighted by atomic mass is 79.9. The number of benzene rings is 2. The summed E-state index contributed by atoms with van der Waals surface area (Å²) in [5, 5.41) is 6.50. The number of hydrogen-bond acceptors (Lipinski definition) is 7. The Balaban J connectivity index is 1.53. The molecular formula is C23H26BrN3O6. The number of hydrazone groups is 1. The summed E-state index contributed by atoms with van der Waals surface area (Å²) >= 11 is 3.50. The third-order valence-electron chi connectivity index (χ3n) is 4.52. The first-order valence-corrected chi connectivity index (χ1v) is 11.4. The van der Waals surface area contributed by atoms with Gasteiger partial charge in [0.15, 0.2) is 23.0 Å². The van der Waals surface area contributed by atoms with Crippen molar-refractivity contribution in [2.75, 3.05) is 26.6 Å². The Hall–Kier alpha value is -3.27. The van der Waals surface area contributed by atoms with Crippen LogP contribution in [0.15, 0.2) is 39.9 Å². The van der Waals surface area contributed by atoms with Gasteiger partial charge in [0.2, 0.25) is 6.79 Å². The topological polar surface area (TPSA) is 107 Å². The van der Waals surface area contributed by atoms with Crippen LogP contribution in [0.3, 0.4) is 0 Å². The summed E-state index contributed by atoms with van der Waals surface area (Å²) in [5.41, 5.74) is 3.46. The van der Waals surface area contributed by atoms with Crippen molar-refractivity contribution >= 4 is 34.0 Å². The van der Waals surface area contributed by atoms with E-state index in [-0.39, 0.29) is 13.3 Å². The number of carbonyl (C=O) groups is 2. The van der Waals surface area contributed by atoms with Crippen LogP contribution in [-0.2, 0) is 4.79 Å². The zero-order valence-corrected chi connectivity index (χ0v) is 20.1. The summed E-state index contributed by atoms with van der Waals surface area (Å²) in [6, 6.07) is 8.42. The number of halogens is 1. The monoisotopic (exact) mass is 519 g/mol.